The van der Waals surface area contributed by atoms with Gasteiger partial charge in [0, 0.05) is 0 Å². The molecule has 19 heavy (non-hydrogen) atoms. The molecule has 2 rings (SSSR count). The topological polar surface area (TPSA) is 49.3 Å². The van der Waals surface area contributed by atoms with Crippen LogP contribution < -0.4 is 5.32 Å². The Morgan fingerprint density at radius 3 is 2.37 bits per heavy atom. The van der Waals surface area contributed by atoms with Crippen molar-refractivity contribution >= 4 is 5.91 Å². The van der Waals surface area contributed by atoms with Gasteiger partial charge in [0.25, 0.3) is 0 Å². The molecular formula is C13H14F3NO2. The normalized spacial score (nSPS) is 18.7. The Morgan fingerprint density at radius 1 is 1.32 bits per heavy atom. The number of alkyl halides is 3. The maximum atomic E-state index is 12.1. The van der Waals surface area contributed by atoms with E-state index in [1.165, 1.54) is 0 Å². The third-order valence-corrected chi connectivity index (χ3v) is 3.34. The van der Waals surface area contributed by atoms with Gasteiger partial charge in [-0.3, -0.25) is 4.79 Å². The van der Waals surface area contributed by atoms with Crippen LogP contribution in [0.2, 0.25) is 0 Å². The Bertz CT molecular complexity index is 455. The summed E-state index contributed by atoms with van der Waals surface area (Å²) in [4.78, 5) is 12.0. The Balaban J connectivity index is 1.98. The molecule has 104 valence electrons. The summed E-state index contributed by atoms with van der Waals surface area (Å²) in [5.41, 5.74) is 0.0843. The largest absolute Gasteiger partial charge is 0.416 e. The Hall–Kier alpha value is -1.56. The number of halogens is 3. The van der Waals surface area contributed by atoms with E-state index in [2.05, 4.69) is 5.32 Å². The van der Waals surface area contributed by atoms with Gasteiger partial charge in [0.05, 0.1) is 12.0 Å². The van der Waals surface area contributed by atoms with Crippen molar-refractivity contribution in [2.45, 2.75) is 30.5 Å². The van der Waals surface area contributed by atoms with Crippen LogP contribution in [0.3, 0.4) is 0 Å². The highest BCUT2D eigenvalue weighted by molar-refractivity contribution is 5.91. The second-order valence-electron chi connectivity index (χ2n) is 4.72. The number of hydrogen-bond acceptors (Lipinski definition) is 2. The van der Waals surface area contributed by atoms with E-state index in [4.69, 9.17) is 5.11 Å². The average molecular weight is 273 g/mol. The van der Waals surface area contributed by atoms with Gasteiger partial charge in [0.2, 0.25) is 5.91 Å². The minimum atomic E-state index is -4.71. The van der Waals surface area contributed by atoms with Gasteiger partial charge in [-0.2, -0.15) is 13.2 Å². The zero-order valence-electron chi connectivity index (χ0n) is 10.1. The summed E-state index contributed by atoms with van der Waals surface area (Å²) < 4.78 is 36.4. The van der Waals surface area contributed by atoms with Crippen molar-refractivity contribution in [2.75, 3.05) is 6.54 Å². The van der Waals surface area contributed by atoms with Gasteiger partial charge in [0.1, 0.15) is 0 Å². The molecule has 1 saturated carbocycles. The zero-order valence-corrected chi connectivity index (χ0v) is 10.1. The van der Waals surface area contributed by atoms with Crippen LogP contribution in [0.15, 0.2) is 30.3 Å². The van der Waals surface area contributed by atoms with Crippen molar-refractivity contribution < 1.29 is 23.1 Å². The van der Waals surface area contributed by atoms with Crippen LogP contribution in [-0.4, -0.2) is 29.8 Å². The van der Waals surface area contributed by atoms with Crippen LogP contribution in [0.1, 0.15) is 18.4 Å². The molecule has 0 heterocycles. The lowest BCUT2D eigenvalue weighted by Crippen LogP contribution is -2.44. The van der Waals surface area contributed by atoms with Gasteiger partial charge in [-0.05, 0) is 18.4 Å². The highest BCUT2D eigenvalue weighted by atomic mass is 19.4. The quantitative estimate of drug-likeness (QED) is 0.878. The van der Waals surface area contributed by atoms with E-state index in [0.717, 1.165) is 5.56 Å². The summed E-state index contributed by atoms with van der Waals surface area (Å²) in [5.74, 6) is -0.456. The summed E-state index contributed by atoms with van der Waals surface area (Å²) in [5, 5.41) is 11.0. The highest BCUT2D eigenvalue weighted by Crippen LogP contribution is 2.48. The maximum absolute atomic E-state index is 12.1. The van der Waals surface area contributed by atoms with Gasteiger partial charge in [0.15, 0.2) is 6.10 Å². The van der Waals surface area contributed by atoms with Crippen LogP contribution in [0.4, 0.5) is 13.2 Å². The molecular weight excluding hydrogens is 259 g/mol. The number of carbonyl (C=O) groups excluding carboxylic acids is 1. The lowest BCUT2D eigenvalue weighted by molar-refractivity contribution is -0.201. The lowest BCUT2D eigenvalue weighted by atomic mass is 9.95. The minimum Gasteiger partial charge on any atom is -0.382 e. The van der Waals surface area contributed by atoms with Crippen LogP contribution in [-0.2, 0) is 10.2 Å². The minimum absolute atomic E-state index is 0.456. The van der Waals surface area contributed by atoms with Gasteiger partial charge >= 0.3 is 6.18 Å². The maximum Gasteiger partial charge on any atom is 0.416 e. The first-order valence-corrected chi connectivity index (χ1v) is 5.95. The van der Waals surface area contributed by atoms with Crippen molar-refractivity contribution in [3.05, 3.63) is 35.9 Å². The van der Waals surface area contributed by atoms with Gasteiger partial charge < -0.3 is 10.4 Å². The smallest absolute Gasteiger partial charge is 0.382 e. The van der Waals surface area contributed by atoms with E-state index in [0.29, 0.717) is 12.8 Å². The molecule has 0 spiro atoms. The highest BCUT2D eigenvalue weighted by Gasteiger charge is 2.51. The molecule has 1 aromatic rings. The van der Waals surface area contributed by atoms with E-state index >= 15 is 0 Å². The second-order valence-corrected chi connectivity index (χ2v) is 4.72. The number of aliphatic hydroxyl groups is 1. The monoisotopic (exact) mass is 273 g/mol. The average Bonchev–Trinajstić information content (AvgIpc) is 3.17. The Morgan fingerprint density at radius 2 is 1.89 bits per heavy atom. The zero-order chi connectivity index (χ0) is 14.1. The SMILES string of the molecule is O=C(NCC(O)C(F)(F)F)C1(c2ccccc2)CC1. The fourth-order valence-corrected chi connectivity index (χ4v) is 2.00. The molecule has 0 aliphatic heterocycles. The van der Waals surface area contributed by atoms with Crippen molar-refractivity contribution in [2.24, 2.45) is 0 Å². The summed E-state index contributed by atoms with van der Waals surface area (Å²) in [7, 11) is 0. The number of rotatable bonds is 4. The van der Waals surface area contributed by atoms with Gasteiger partial charge in [-0.1, -0.05) is 30.3 Å². The molecule has 0 saturated heterocycles. The van der Waals surface area contributed by atoms with Crippen LogP contribution >= 0.6 is 0 Å². The van der Waals surface area contributed by atoms with Gasteiger partial charge in [-0.15, -0.1) is 0 Å². The molecule has 0 radical (unpaired) electrons. The molecule has 6 heteroatoms. The number of benzene rings is 1. The van der Waals surface area contributed by atoms with Gasteiger partial charge in [-0.25, -0.2) is 0 Å². The third kappa shape index (κ3) is 2.89. The first-order chi connectivity index (χ1) is 8.86. The number of amides is 1. The predicted molar refractivity (Wildman–Crippen MR) is 62.4 cm³/mol. The third-order valence-electron chi connectivity index (χ3n) is 3.34. The van der Waals surface area contributed by atoms with E-state index in [-0.39, 0.29) is 0 Å². The van der Waals surface area contributed by atoms with Crippen molar-refractivity contribution in [1.29, 1.82) is 0 Å². The molecule has 1 atom stereocenters. The van der Waals surface area contributed by atoms with Crippen molar-refractivity contribution in [3.8, 4) is 0 Å². The molecule has 1 aromatic carbocycles. The molecule has 3 nitrogen and oxygen atoms in total. The molecule has 0 bridgehead atoms. The van der Waals surface area contributed by atoms with E-state index < -0.39 is 30.1 Å². The molecule has 2 N–H and O–H groups in total. The first kappa shape index (κ1) is 13.9. The van der Waals surface area contributed by atoms with E-state index in [1.54, 1.807) is 24.3 Å². The predicted octanol–water partition coefficient (Wildman–Crippen LogP) is 1.76. The second kappa shape index (κ2) is 4.85. The van der Waals surface area contributed by atoms with E-state index in [9.17, 15) is 18.0 Å². The molecule has 1 fully saturated rings. The summed E-state index contributed by atoms with van der Waals surface area (Å²) in [6.07, 6.45) is -6.00. The molecule has 1 amide bonds. The Labute approximate surface area is 108 Å². The number of carbonyl (C=O) groups is 1. The Kier molecular flexibility index (Phi) is 3.54. The van der Waals surface area contributed by atoms with Crippen molar-refractivity contribution in [1.82, 2.24) is 5.32 Å². The lowest BCUT2D eigenvalue weighted by Gasteiger charge is -2.19. The van der Waals surface area contributed by atoms with Crippen LogP contribution in [0.25, 0.3) is 0 Å². The molecule has 1 aliphatic carbocycles. The number of hydrogen-bond donors (Lipinski definition) is 2. The molecule has 1 unspecified atom stereocenters. The number of aliphatic hydroxyl groups excluding tert-OH is 1. The molecule has 0 aromatic heterocycles. The fraction of sp³-hybridized carbons (Fsp3) is 0.462. The summed E-state index contributed by atoms with van der Waals surface area (Å²) in [6.45, 7) is -0.809. The summed E-state index contributed by atoms with van der Waals surface area (Å²) >= 11 is 0. The molecule has 1 aliphatic rings. The first-order valence-electron chi connectivity index (χ1n) is 5.95. The van der Waals surface area contributed by atoms with Crippen LogP contribution in [0, 0.1) is 0 Å². The number of nitrogens with one attached hydrogen (secondary N) is 1. The summed E-state index contributed by atoms with van der Waals surface area (Å²) in [6, 6.07) is 8.95. The van der Waals surface area contributed by atoms with Crippen LogP contribution in [0.5, 0.6) is 0 Å². The van der Waals surface area contributed by atoms with Crippen molar-refractivity contribution in [3.63, 3.8) is 0 Å². The van der Waals surface area contributed by atoms with E-state index in [1.807, 2.05) is 6.07 Å². The standard InChI is InChI=1S/C13H14F3NO2/c14-13(15,16)10(18)8-17-11(19)12(6-7-12)9-4-2-1-3-5-9/h1-5,10,18H,6-8H2,(H,17,19). The fourth-order valence-electron chi connectivity index (χ4n) is 2.00.